The molecule has 1 saturated heterocycles. The predicted molar refractivity (Wildman–Crippen MR) is 89.4 cm³/mol. The molecule has 2 aromatic rings. The Balaban J connectivity index is 1.83. The second-order valence-corrected chi connectivity index (χ2v) is 8.05. The average molecular weight is 414 g/mol. The SMILES string of the molecule is O=C(O)C1c2sc(-c3ccc(F)cc3)cc2C2CN1C(=O)N2OS(=O)(=O)O. The van der Waals surface area contributed by atoms with E-state index >= 15 is 0 Å². The van der Waals surface area contributed by atoms with Crippen LogP contribution in [0.25, 0.3) is 10.4 Å². The summed E-state index contributed by atoms with van der Waals surface area (Å²) in [5, 5.41) is 10.1. The normalized spacial score (nSPS) is 21.5. The molecule has 2 aliphatic rings. The second-order valence-electron chi connectivity index (χ2n) is 5.96. The first kappa shape index (κ1) is 17.9. The van der Waals surface area contributed by atoms with Crippen molar-refractivity contribution < 1.29 is 36.3 Å². The Labute approximate surface area is 156 Å². The molecule has 0 radical (unpaired) electrons. The van der Waals surface area contributed by atoms with E-state index < -0.39 is 40.3 Å². The minimum atomic E-state index is -4.98. The Morgan fingerprint density at radius 3 is 2.56 bits per heavy atom. The number of rotatable bonds is 4. The van der Waals surface area contributed by atoms with Crippen LogP contribution in [-0.4, -0.2) is 46.6 Å². The van der Waals surface area contributed by atoms with Crippen LogP contribution in [-0.2, 0) is 19.5 Å². The maximum Gasteiger partial charge on any atom is 0.418 e. The van der Waals surface area contributed by atoms with Crippen LogP contribution in [0.1, 0.15) is 22.5 Å². The lowest BCUT2D eigenvalue weighted by atomic mass is 9.98. The van der Waals surface area contributed by atoms with Crippen LogP contribution in [0.4, 0.5) is 9.18 Å². The number of carbonyl (C=O) groups is 2. The third kappa shape index (κ3) is 2.96. The lowest BCUT2D eigenvalue weighted by Gasteiger charge is -2.27. The van der Waals surface area contributed by atoms with Crippen molar-refractivity contribution in [3.05, 3.63) is 46.6 Å². The molecule has 142 valence electrons. The molecular weight excluding hydrogens is 403 g/mol. The highest BCUT2D eigenvalue weighted by molar-refractivity contribution is 7.80. The Morgan fingerprint density at radius 1 is 1.30 bits per heavy atom. The van der Waals surface area contributed by atoms with E-state index in [1.807, 2.05) is 0 Å². The number of carboxylic acid groups (broad SMARTS) is 1. The van der Waals surface area contributed by atoms with E-state index in [0.717, 1.165) is 16.2 Å². The van der Waals surface area contributed by atoms with Crippen molar-refractivity contribution >= 4 is 33.7 Å². The maximum absolute atomic E-state index is 13.1. The van der Waals surface area contributed by atoms with Crippen molar-refractivity contribution in [2.75, 3.05) is 6.54 Å². The Morgan fingerprint density at radius 2 is 1.96 bits per heavy atom. The van der Waals surface area contributed by atoms with Crippen LogP contribution in [0.2, 0.25) is 0 Å². The third-order valence-electron chi connectivity index (χ3n) is 4.33. The molecule has 0 saturated carbocycles. The highest BCUT2D eigenvalue weighted by atomic mass is 32.3. The summed E-state index contributed by atoms with van der Waals surface area (Å²) in [5.41, 5.74) is 1.04. The van der Waals surface area contributed by atoms with E-state index in [9.17, 15) is 27.5 Å². The number of urea groups is 1. The summed E-state index contributed by atoms with van der Waals surface area (Å²) in [6.45, 7) is -0.113. The van der Waals surface area contributed by atoms with Gasteiger partial charge in [0.05, 0.1) is 6.54 Å². The first-order chi connectivity index (χ1) is 12.7. The van der Waals surface area contributed by atoms with Gasteiger partial charge in [-0.1, -0.05) is 12.1 Å². The number of hydrogen-bond acceptors (Lipinski definition) is 6. The van der Waals surface area contributed by atoms with Gasteiger partial charge in [0.15, 0.2) is 6.04 Å². The van der Waals surface area contributed by atoms with Gasteiger partial charge in [0.25, 0.3) is 0 Å². The highest BCUT2D eigenvalue weighted by Crippen LogP contribution is 2.49. The topological polar surface area (TPSA) is 124 Å². The second kappa shape index (κ2) is 5.99. The number of fused-ring (bicyclic) bond motifs is 4. The molecule has 27 heavy (non-hydrogen) atoms. The third-order valence-corrected chi connectivity index (χ3v) is 5.94. The number of carbonyl (C=O) groups excluding carboxylic acids is 1. The molecule has 1 aromatic heterocycles. The number of carboxylic acids is 1. The molecule has 3 heterocycles. The molecule has 2 aliphatic heterocycles. The van der Waals surface area contributed by atoms with Gasteiger partial charge in [0.2, 0.25) is 0 Å². The van der Waals surface area contributed by atoms with Gasteiger partial charge in [-0.2, -0.15) is 13.5 Å². The summed E-state index contributed by atoms with van der Waals surface area (Å²) in [7, 11) is -4.98. The minimum Gasteiger partial charge on any atom is -0.479 e. The quantitative estimate of drug-likeness (QED) is 0.735. The predicted octanol–water partition coefficient (Wildman–Crippen LogP) is 2.21. The van der Waals surface area contributed by atoms with Gasteiger partial charge in [0, 0.05) is 9.75 Å². The number of amides is 2. The van der Waals surface area contributed by atoms with Crippen LogP contribution in [0.3, 0.4) is 0 Å². The molecule has 0 spiro atoms. The number of thiophene rings is 1. The van der Waals surface area contributed by atoms with E-state index in [1.165, 1.54) is 24.3 Å². The molecule has 1 fully saturated rings. The molecule has 9 nitrogen and oxygen atoms in total. The zero-order valence-electron chi connectivity index (χ0n) is 13.3. The summed E-state index contributed by atoms with van der Waals surface area (Å²) in [5.74, 6) is -1.71. The average Bonchev–Trinajstić information content (AvgIpc) is 3.11. The fourth-order valence-electron chi connectivity index (χ4n) is 3.26. The fourth-order valence-corrected chi connectivity index (χ4v) is 4.96. The minimum absolute atomic E-state index is 0.113. The monoisotopic (exact) mass is 414 g/mol. The molecule has 0 aliphatic carbocycles. The van der Waals surface area contributed by atoms with E-state index in [1.54, 1.807) is 6.07 Å². The number of hydroxylamine groups is 2. The Bertz CT molecular complexity index is 1050. The van der Waals surface area contributed by atoms with Crippen molar-refractivity contribution in [3.8, 4) is 10.4 Å². The van der Waals surface area contributed by atoms with Gasteiger partial charge >= 0.3 is 22.4 Å². The summed E-state index contributed by atoms with van der Waals surface area (Å²) < 4.78 is 48.6. The fraction of sp³-hybridized carbons (Fsp3) is 0.200. The van der Waals surface area contributed by atoms with Gasteiger partial charge in [0.1, 0.15) is 11.9 Å². The summed E-state index contributed by atoms with van der Waals surface area (Å²) in [4.78, 5) is 26.1. The van der Waals surface area contributed by atoms with Crippen LogP contribution in [0, 0.1) is 5.82 Å². The molecule has 2 amide bonds. The maximum atomic E-state index is 13.1. The number of benzene rings is 1. The van der Waals surface area contributed by atoms with Crippen molar-refractivity contribution in [1.29, 1.82) is 0 Å². The summed E-state index contributed by atoms with van der Waals surface area (Å²) in [6.07, 6.45) is 0. The van der Waals surface area contributed by atoms with Gasteiger partial charge in [-0.15, -0.1) is 15.6 Å². The van der Waals surface area contributed by atoms with Crippen LogP contribution in [0.15, 0.2) is 30.3 Å². The number of aliphatic carboxylic acids is 1. The van der Waals surface area contributed by atoms with Crippen molar-refractivity contribution in [3.63, 3.8) is 0 Å². The van der Waals surface area contributed by atoms with Gasteiger partial charge in [-0.25, -0.2) is 14.0 Å². The van der Waals surface area contributed by atoms with Gasteiger partial charge in [-0.05, 0) is 29.3 Å². The molecule has 12 heteroatoms. The van der Waals surface area contributed by atoms with Crippen molar-refractivity contribution in [1.82, 2.24) is 9.96 Å². The highest BCUT2D eigenvalue weighted by Gasteiger charge is 2.53. The first-order valence-electron chi connectivity index (χ1n) is 7.55. The first-order valence-corrected chi connectivity index (χ1v) is 9.73. The van der Waals surface area contributed by atoms with Gasteiger partial charge < -0.3 is 10.0 Å². The molecule has 4 rings (SSSR count). The lowest BCUT2D eigenvalue weighted by molar-refractivity contribution is -0.142. The number of nitrogens with zero attached hydrogens (tertiary/aromatic N) is 2. The standard InChI is InChI=1S/C15H11FN2O7S2/c16-8-3-1-7(2-4-8)11-5-9-10-6-17(12(14(19)20)13(9)26-11)15(21)18(10)25-27(22,23)24/h1-5,10,12H,6H2,(H,19,20)(H,22,23,24). The summed E-state index contributed by atoms with van der Waals surface area (Å²) >= 11 is 1.11. The van der Waals surface area contributed by atoms with Crippen molar-refractivity contribution in [2.24, 2.45) is 0 Å². The van der Waals surface area contributed by atoms with Crippen LogP contribution < -0.4 is 0 Å². The molecular formula is C15H11FN2O7S2. The molecule has 2 atom stereocenters. The van der Waals surface area contributed by atoms with Gasteiger partial charge in [-0.3, -0.25) is 4.55 Å². The number of hydrogen-bond donors (Lipinski definition) is 2. The molecule has 2 unspecified atom stereocenters. The zero-order chi connectivity index (χ0) is 19.5. The smallest absolute Gasteiger partial charge is 0.418 e. The molecule has 2 bridgehead atoms. The van der Waals surface area contributed by atoms with E-state index in [4.69, 9.17) is 4.55 Å². The largest absolute Gasteiger partial charge is 0.479 e. The van der Waals surface area contributed by atoms with Crippen LogP contribution in [0.5, 0.6) is 0 Å². The lowest BCUT2D eigenvalue weighted by Crippen LogP contribution is -2.38. The molecule has 2 N–H and O–H groups in total. The van der Waals surface area contributed by atoms with E-state index in [0.29, 0.717) is 25.9 Å². The Kier molecular flexibility index (Phi) is 3.96. The van der Waals surface area contributed by atoms with Crippen molar-refractivity contribution in [2.45, 2.75) is 12.1 Å². The number of halogens is 1. The molecule has 1 aromatic carbocycles. The summed E-state index contributed by atoms with van der Waals surface area (Å²) in [6, 6.07) is 3.98. The zero-order valence-corrected chi connectivity index (χ0v) is 14.9. The Hall–Kier alpha value is -2.54. The van der Waals surface area contributed by atoms with E-state index in [-0.39, 0.29) is 6.54 Å². The van der Waals surface area contributed by atoms with Crippen LogP contribution >= 0.6 is 11.3 Å². The van der Waals surface area contributed by atoms with E-state index in [2.05, 4.69) is 4.28 Å².